The van der Waals surface area contributed by atoms with Crippen molar-refractivity contribution >= 4 is 23.5 Å². The number of hydrogen-bond donors (Lipinski definition) is 0. The van der Waals surface area contributed by atoms with Crippen molar-refractivity contribution in [3.63, 3.8) is 0 Å². The van der Waals surface area contributed by atoms with Crippen molar-refractivity contribution in [1.82, 2.24) is 0 Å². The van der Waals surface area contributed by atoms with Crippen LogP contribution in [0.25, 0.3) is 0 Å². The average Bonchev–Trinajstić information content (AvgIpc) is 2.21. The molecule has 0 fully saturated rings. The smallest absolute Gasteiger partial charge is 0.210 e. The summed E-state index contributed by atoms with van der Waals surface area (Å²) in [5.41, 5.74) is 0. The molecular formula is C7H8O2S2. The number of hydrogen-bond acceptors (Lipinski definition) is 4. The van der Waals surface area contributed by atoms with Crippen molar-refractivity contribution in [3.05, 3.63) is 22.7 Å². The molecular weight excluding hydrogens is 180 g/mol. The van der Waals surface area contributed by atoms with Gasteiger partial charge in [0, 0.05) is 0 Å². The normalized spacial score (nSPS) is 26.0. The molecule has 2 rings (SSSR count). The van der Waals surface area contributed by atoms with Crippen LogP contribution in [0.4, 0.5) is 0 Å². The van der Waals surface area contributed by atoms with Crippen molar-refractivity contribution in [3.8, 4) is 0 Å². The summed E-state index contributed by atoms with van der Waals surface area (Å²) in [7, 11) is 0. The van der Waals surface area contributed by atoms with Gasteiger partial charge < -0.3 is 9.47 Å². The third kappa shape index (κ3) is 1.37. The monoisotopic (exact) mass is 188 g/mol. The molecule has 2 aliphatic rings. The van der Waals surface area contributed by atoms with Gasteiger partial charge in [-0.2, -0.15) is 0 Å². The first-order chi connectivity index (χ1) is 5.17. The van der Waals surface area contributed by atoms with Crippen molar-refractivity contribution in [2.24, 2.45) is 0 Å². The van der Waals surface area contributed by atoms with Crippen LogP contribution in [0.5, 0.6) is 0 Å². The number of rotatable bonds is 0. The standard InChI is InChI=1S/C7H8O2S2/c1-7(2)10-5-6(11-7)9-4-3-8-5/h3-4H,1-2H3. The molecule has 0 spiro atoms. The molecule has 2 heterocycles. The summed E-state index contributed by atoms with van der Waals surface area (Å²) in [6.07, 6.45) is 3.13. The Morgan fingerprint density at radius 2 is 1.55 bits per heavy atom. The first-order valence-electron chi connectivity index (χ1n) is 3.28. The predicted octanol–water partition coefficient (Wildman–Crippen LogP) is 2.85. The Hall–Kier alpha value is -0.220. The molecule has 0 aromatic heterocycles. The fourth-order valence-corrected chi connectivity index (χ4v) is 3.11. The van der Waals surface area contributed by atoms with Gasteiger partial charge >= 0.3 is 0 Å². The molecule has 0 amide bonds. The second-order valence-corrected chi connectivity index (χ2v) is 6.14. The average molecular weight is 188 g/mol. The minimum absolute atomic E-state index is 0.149. The topological polar surface area (TPSA) is 18.5 Å². The van der Waals surface area contributed by atoms with E-state index in [-0.39, 0.29) is 4.08 Å². The van der Waals surface area contributed by atoms with E-state index in [1.54, 1.807) is 36.0 Å². The molecule has 2 aliphatic heterocycles. The molecule has 0 aromatic carbocycles. The summed E-state index contributed by atoms with van der Waals surface area (Å²) in [5, 5.41) is 1.78. The Labute approximate surface area is 74.0 Å². The van der Waals surface area contributed by atoms with Crippen LogP contribution in [0.3, 0.4) is 0 Å². The van der Waals surface area contributed by atoms with E-state index in [4.69, 9.17) is 9.47 Å². The van der Waals surface area contributed by atoms with Gasteiger partial charge in [0.25, 0.3) is 0 Å². The third-order valence-corrected chi connectivity index (χ3v) is 3.80. The predicted molar refractivity (Wildman–Crippen MR) is 47.6 cm³/mol. The first-order valence-corrected chi connectivity index (χ1v) is 4.91. The van der Waals surface area contributed by atoms with Crippen molar-refractivity contribution in [1.29, 1.82) is 0 Å². The van der Waals surface area contributed by atoms with Crippen LogP contribution in [0.15, 0.2) is 22.7 Å². The molecule has 0 N–H and O–H groups in total. The van der Waals surface area contributed by atoms with E-state index in [2.05, 4.69) is 13.8 Å². The van der Waals surface area contributed by atoms with Gasteiger partial charge in [-0.05, 0) is 13.8 Å². The van der Waals surface area contributed by atoms with Crippen molar-refractivity contribution < 1.29 is 9.47 Å². The number of thioether (sulfide) groups is 2. The molecule has 0 aromatic rings. The highest BCUT2D eigenvalue weighted by Gasteiger charge is 2.36. The van der Waals surface area contributed by atoms with Crippen molar-refractivity contribution in [2.45, 2.75) is 17.9 Å². The summed E-state index contributed by atoms with van der Waals surface area (Å²) in [6.45, 7) is 4.29. The van der Waals surface area contributed by atoms with Gasteiger partial charge in [-0.25, -0.2) is 0 Å². The molecule has 0 atom stereocenters. The van der Waals surface area contributed by atoms with Gasteiger partial charge in [0.1, 0.15) is 12.5 Å². The van der Waals surface area contributed by atoms with E-state index in [1.165, 1.54) is 0 Å². The summed E-state index contributed by atoms with van der Waals surface area (Å²) in [4.78, 5) is 0. The molecule has 0 unspecified atom stereocenters. The lowest BCUT2D eigenvalue weighted by Gasteiger charge is -2.12. The van der Waals surface area contributed by atoms with Gasteiger partial charge in [0.15, 0.2) is 0 Å². The van der Waals surface area contributed by atoms with Gasteiger partial charge in [0.2, 0.25) is 10.2 Å². The zero-order valence-corrected chi connectivity index (χ0v) is 7.92. The molecule has 2 nitrogen and oxygen atoms in total. The molecule has 0 bridgehead atoms. The minimum atomic E-state index is 0.149. The van der Waals surface area contributed by atoms with E-state index in [0.29, 0.717) is 0 Å². The fraction of sp³-hybridized carbons (Fsp3) is 0.429. The minimum Gasteiger partial charge on any atom is -0.450 e. The van der Waals surface area contributed by atoms with Crippen LogP contribution in [0, 0.1) is 0 Å². The van der Waals surface area contributed by atoms with Crippen molar-refractivity contribution in [2.75, 3.05) is 0 Å². The Morgan fingerprint density at radius 3 is 2.00 bits per heavy atom. The molecule has 4 heteroatoms. The van der Waals surface area contributed by atoms with Crippen LogP contribution in [-0.4, -0.2) is 4.08 Å². The second kappa shape index (κ2) is 2.38. The van der Waals surface area contributed by atoms with Gasteiger partial charge in [0.05, 0.1) is 4.08 Å². The van der Waals surface area contributed by atoms with Crippen LogP contribution >= 0.6 is 23.5 Å². The van der Waals surface area contributed by atoms with E-state index >= 15 is 0 Å². The fourth-order valence-electron chi connectivity index (χ4n) is 0.874. The summed E-state index contributed by atoms with van der Waals surface area (Å²) >= 11 is 3.39. The summed E-state index contributed by atoms with van der Waals surface area (Å²) in [5.74, 6) is 0. The molecule has 60 valence electrons. The van der Waals surface area contributed by atoms with Crippen LogP contribution in [0.2, 0.25) is 0 Å². The van der Waals surface area contributed by atoms with Crippen LogP contribution in [-0.2, 0) is 9.47 Å². The van der Waals surface area contributed by atoms with Gasteiger partial charge in [-0.15, -0.1) is 0 Å². The Morgan fingerprint density at radius 1 is 1.09 bits per heavy atom. The van der Waals surface area contributed by atoms with Crippen LogP contribution < -0.4 is 0 Å². The maximum Gasteiger partial charge on any atom is 0.210 e. The lowest BCUT2D eigenvalue weighted by atomic mass is 10.5. The van der Waals surface area contributed by atoms with E-state index in [0.717, 1.165) is 10.2 Å². The maximum atomic E-state index is 5.25. The van der Waals surface area contributed by atoms with Gasteiger partial charge in [-0.1, -0.05) is 23.5 Å². The molecule has 0 saturated heterocycles. The summed E-state index contributed by atoms with van der Waals surface area (Å²) < 4.78 is 10.7. The zero-order chi connectivity index (χ0) is 7.90. The quantitative estimate of drug-likeness (QED) is 0.581. The second-order valence-electron chi connectivity index (χ2n) is 2.69. The Balaban J connectivity index is 2.17. The highest BCUT2D eigenvalue weighted by Crippen LogP contribution is 2.55. The lowest BCUT2D eigenvalue weighted by molar-refractivity contribution is 0.273. The molecule has 11 heavy (non-hydrogen) atoms. The first kappa shape index (κ1) is 7.43. The van der Waals surface area contributed by atoms with Crippen LogP contribution in [0.1, 0.15) is 13.8 Å². The van der Waals surface area contributed by atoms with E-state index in [9.17, 15) is 0 Å². The third-order valence-electron chi connectivity index (χ3n) is 1.25. The zero-order valence-electron chi connectivity index (χ0n) is 6.29. The van der Waals surface area contributed by atoms with Gasteiger partial charge in [-0.3, -0.25) is 0 Å². The Bertz CT molecular complexity index is 221. The largest absolute Gasteiger partial charge is 0.450 e. The molecule has 0 radical (unpaired) electrons. The lowest BCUT2D eigenvalue weighted by Crippen LogP contribution is -2.02. The summed E-state index contributed by atoms with van der Waals surface area (Å²) in [6, 6.07) is 0. The highest BCUT2D eigenvalue weighted by molar-refractivity contribution is 8.24. The molecule has 0 aliphatic carbocycles. The Kier molecular flexibility index (Phi) is 1.61. The number of ether oxygens (including phenoxy) is 2. The SMILES string of the molecule is CC1(C)SC2=C(OC=CO2)S1. The maximum absolute atomic E-state index is 5.25. The highest BCUT2D eigenvalue weighted by atomic mass is 32.2. The van der Waals surface area contributed by atoms with E-state index in [1.807, 2.05) is 0 Å². The molecule has 0 saturated carbocycles. The van der Waals surface area contributed by atoms with E-state index < -0.39 is 0 Å².